The van der Waals surface area contributed by atoms with Gasteiger partial charge in [-0.25, -0.2) is 4.79 Å². The number of aromatic nitrogens is 1. The number of primary amides is 2. The number of rotatable bonds is 39. The average molecular weight is 1270 g/mol. The molecule has 11 atom stereocenters. The molecular formula is C56H83N17O17. The number of guanidine groups is 1. The molecule has 3 rings (SSSR count). The molecule has 34 nitrogen and oxygen atoms in total. The molecule has 34 heteroatoms. The number of H-pyrrole nitrogens is 1. The predicted octanol–water partition coefficient (Wildman–Crippen LogP) is -7.53. The number of benzene rings is 2. The molecule has 0 saturated carbocycles. The predicted molar refractivity (Wildman–Crippen MR) is 321 cm³/mol. The number of aromatic amines is 1. The van der Waals surface area contributed by atoms with Crippen LogP contribution in [0.4, 0.5) is 0 Å². The average Bonchev–Trinajstić information content (AvgIpc) is 2.13. The number of aliphatic hydroxyl groups is 3. The number of nitrogens with zero attached hydrogens (tertiary/aromatic N) is 1. The third-order valence-electron chi connectivity index (χ3n) is 13.5. The van der Waals surface area contributed by atoms with Gasteiger partial charge in [0.05, 0.1) is 32.3 Å². The number of nitrogens with two attached hydrogens (primary N) is 5. The van der Waals surface area contributed by atoms with Crippen LogP contribution in [-0.2, 0) is 75.2 Å². The molecule has 0 aliphatic rings. The monoisotopic (exact) mass is 1270 g/mol. The lowest BCUT2D eigenvalue weighted by Crippen LogP contribution is -2.60. The number of fused-ring (bicyclic) bond motifs is 1. The Bertz CT molecular complexity index is 3030. The number of carbonyl (C=O) groups is 13. The first-order valence-corrected chi connectivity index (χ1v) is 28.5. The molecule has 0 unspecified atom stereocenters. The van der Waals surface area contributed by atoms with Crippen LogP contribution in [0, 0.1) is 5.92 Å². The van der Waals surface area contributed by atoms with Crippen molar-refractivity contribution in [2.45, 2.75) is 146 Å². The Morgan fingerprint density at radius 2 is 1.04 bits per heavy atom. The summed E-state index contributed by atoms with van der Waals surface area (Å²) < 4.78 is 0. The summed E-state index contributed by atoms with van der Waals surface area (Å²) in [5.41, 5.74) is 29.0. The molecular weight excluding hydrogens is 1180 g/mol. The van der Waals surface area contributed by atoms with E-state index in [0.29, 0.717) is 22.0 Å². The second kappa shape index (κ2) is 37.1. The molecule has 0 aliphatic carbocycles. The second-order valence-electron chi connectivity index (χ2n) is 21.5. The molecule has 0 radical (unpaired) electrons. The highest BCUT2D eigenvalue weighted by Gasteiger charge is 2.35. The Morgan fingerprint density at radius 1 is 0.544 bits per heavy atom. The molecule has 2 aromatic carbocycles. The van der Waals surface area contributed by atoms with Crippen LogP contribution in [0.5, 0.6) is 0 Å². The van der Waals surface area contributed by atoms with E-state index < -0.39 is 176 Å². The smallest absolute Gasteiger partial charge is 0.326 e. The third kappa shape index (κ3) is 25.5. The fourth-order valence-electron chi connectivity index (χ4n) is 8.67. The Morgan fingerprint density at radius 3 is 1.61 bits per heavy atom. The number of aliphatic imine (C=N–C) groups is 1. The molecule has 0 saturated heterocycles. The van der Waals surface area contributed by atoms with Crippen molar-refractivity contribution in [2.75, 3.05) is 26.3 Å². The highest BCUT2D eigenvalue weighted by Crippen LogP contribution is 2.20. The van der Waals surface area contributed by atoms with Gasteiger partial charge in [-0.05, 0) is 62.6 Å². The van der Waals surface area contributed by atoms with Gasteiger partial charge in [-0.2, -0.15) is 0 Å². The summed E-state index contributed by atoms with van der Waals surface area (Å²) in [6.07, 6.45) is -1.86. The van der Waals surface area contributed by atoms with Gasteiger partial charge in [0.25, 0.3) is 0 Å². The van der Waals surface area contributed by atoms with Crippen LogP contribution < -0.4 is 81.8 Å². The van der Waals surface area contributed by atoms with Gasteiger partial charge in [-0.3, -0.25) is 62.5 Å². The first-order chi connectivity index (χ1) is 42.4. The zero-order valence-electron chi connectivity index (χ0n) is 50.1. The summed E-state index contributed by atoms with van der Waals surface area (Å²) in [4.78, 5) is 179. The van der Waals surface area contributed by atoms with Crippen molar-refractivity contribution in [1.29, 1.82) is 0 Å². The SMILES string of the molecule is CC(C)C[C@H](NC(=O)[C@@H](N)[C@@H](C)O)C(=O)N[C@@H](CCC(N)=O)C(=O)N[C@@H](CCCN=C(N)N)C(=O)N[C@@H](Cc1ccccc1)C(=O)N[C@@H](C)C(=O)N[C@@H](Cc1c[nH]c2ccccc12)C(=O)NCC(=O)N[C@@H](CO)C(=O)N[C@@H](CO)C(=O)N[C@@H](CC(N)=O)C(=O)O. The van der Waals surface area contributed by atoms with Crippen LogP contribution >= 0.6 is 0 Å². The van der Waals surface area contributed by atoms with E-state index >= 15 is 0 Å². The normalized spacial score (nSPS) is 14.7. The number of carboxylic acids is 1. The van der Waals surface area contributed by atoms with Crippen molar-refractivity contribution in [3.8, 4) is 0 Å². The van der Waals surface area contributed by atoms with Crippen molar-refractivity contribution in [3.05, 3.63) is 71.9 Å². The number of hydrogen-bond donors (Lipinski definition) is 20. The van der Waals surface area contributed by atoms with Gasteiger partial charge >= 0.3 is 5.97 Å². The number of aliphatic hydroxyl groups excluding tert-OH is 3. The largest absolute Gasteiger partial charge is 0.480 e. The summed E-state index contributed by atoms with van der Waals surface area (Å²) in [7, 11) is 0. The van der Waals surface area contributed by atoms with E-state index in [1.807, 2.05) is 10.6 Å². The van der Waals surface area contributed by atoms with Crippen molar-refractivity contribution >= 4 is 93.7 Å². The lowest BCUT2D eigenvalue weighted by molar-refractivity contribution is -0.144. The van der Waals surface area contributed by atoms with E-state index in [1.165, 1.54) is 13.8 Å². The van der Waals surface area contributed by atoms with Crippen molar-refractivity contribution in [1.82, 2.24) is 58.2 Å². The minimum Gasteiger partial charge on any atom is -0.480 e. The van der Waals surface area contributed by atoms with Gasteiger partial charge in [0.15, 0.2) is 5.96 Å². The van der Waals surface area contributed by atoms with Gasteiger partial charge in [-0.1, -0.05) is 62.4 Å². The third-order valence-corrected chi connectivity index (χ3v) is 13.5. The quantitative estimate of drug-likeness (QED) is 0.0143. The topological polar surface area (TPSA) is 581 Å². The molecule has 0 fully saturated rings. The summed E-state index contributed by atoms with van der Waals surface area (Å²) in [5.74, 6) is -14.2. The molecule has 12 amide bonds. The maximum atomic E-state index is 14.5. The van der Waals surface area contributed by atoms with Crippen molar-refractivity contribution in [2.24, 2.45) is 39.6 Å². The van der Waals surface area contributed by atoms with Gasteiger partial charge in [0, 0.05) is 42.9 Å². The van der Waals surface area contributed by atoms with Gasteiger partial charge in [0.1, 0.15) is 60.4 Å². The highest BCUT2D eigenvalue weighted by atomic mass is 16.4. The molecule has 1 aromatic heterocycles. The zero-order chi connectivity index (χ0) is 67.4. The Labute approximate surface area is 516 Å². The summed E-state index contributed by atoms with van der Waals surface area (Å²) in [5, 5.41) is 63.4. The molecule has 25 N–H and O–H groups in total. The van der Waals surface area contributed by atoms with Crippen molar-refractivity contribution < 1.29 is 82.8 Å². The fraction of sp³-hybridized carbons (Fsp3) is 0.500. The number of carboxylic acid groups (broad SMARTS) is 1. The summed E-state index contributed by atoms with van der Waals surface area (Å²) >= 11 is 0. The maximum absolute atomic E-state index is 14.5. The van der Waals surface area contributed by atoms with E-state index in [1.54, 1.807) is 74.6 Å². The van der Waals surface area contributed by atoms with Crippen LogP contribution in [-0.4, -0.2) is 201 Å². The van der Waals surface area contributed by atoms with E-state index in [4.69, 9.17) is 28.7 Å². The minimum absolute atomic E-state index is 0.0383. The number of amides is 12. The Balaban J connectivity index is 1.89. The molecule has 494 valence electrons. The van der Waals surface area contributed by atoms with E-state index in [-0.39, 0.29) is 56.9 Å². The van der Waals surface area contributed by atoms with E-state index in [0.717, 1.165) is 0 Å². The molecule has 1 heterocycles. The van der Waals surface area contributed by atoms with Crippen LogP contribution in [0.15, 0.2) is 65.8 Å². The minimum atomic E-state index is -1.84. The summed E-state index contributed by atoms with van der Waals surface area (Å²) in [6.45, 7) is 2.94. The number of aliphatic carboxylic acids is 1. The van der Waals surface area contributed by atoms with Crippen LogP contribution in [0.2, 0.25) is 0 Å². The first kappa shape index (κ1) is 74.5. The van der Waals surface area contributed by atoms with Crippen LogP contribution in [0.3, 0.4) is 0 Å². The number of carbonyl (C=O) groups excluding carboxylic acids is 12. The number of nitrogens with one attached hydrogen (secondary N) is 11. The fourth-order valence-corrected chi connectivity index (χ4v) is 8.67. The van der Waals surface area contributed by atoms with Crippen molar-refractivity contribution in [3.63, 3.8) is 0 Å². The zero-order valence-corrected chi connectivity index (χ0v) is 50.1. The second-order valence-corrected chi connectivity index (χ2v) is 21.5. The lowest BCUT2D eigenvalue weighted by atomic mass is 10.0. The molecule has 3 aromatic rings. The van der Waals surface area contributed by atoms with Gasteiger partial charge in [-0.15, -0.1) is 0 Å². The lowest BCUT2D eigenvalue weighted by Gasteiger charge is -2.28. The maximum Gasteiger partial charge on any atom is 0.326 e. The number of hydrogen-bond acceptors (Lipinski definition) is 18. The standard InChI is InChI=1S/C56H83N17O17/c1-27(2)19-36(71-54(88)45(59)29(4)76)51(85)68-35(16-17-42(57)77)49(83)67-34(15-10-18-62-56(60)61)48(82)70-37(20-30-11-6-5-7-12-30)50(84)65-28(3)46(80)69-38(21-31-23-63-33-14-9-8-13-32(31)33)47(81)64-24-44(79)66-40(25-74)52(86)73-41(26-75)53(87)72-39(55(89)90)22-43(58)78/h5-9,11-14,23,27-29,34-41,45,63,74-76H,10,15-22,24-26,59H2,1-4H3,(H2,57,77)(H2,58,78)(H,64,81)(H,65,84)(H,66,79)(H,67,83)(H,68,85)(H,69,80)(H,70,82)(H,71,88)(H,72,87)(H,73,86)(H,89,90)(H4,60,61,62)/t28-,29+,34-,35-,36-,37-,38-,39-,40-,41-,45-/m0/s1. The van der Waals surface area contributed by atoms with Gasteiger partial charge < -0.3 is 107 Å². The van der Waals surface area contributed by atoms with Crippen LogP contribution in [0.25, 0.3) is 10.9 Å². The Kier molecular flexibility index (Phi) is 30.7. The van der Waals surface area contributed by atoms with E-state index in [9.17, 15) is 82.8 Å². The highest BCUT2D eigenvalue weighted by molar-refractivity contribution is 5.99. The summed E-state index contributed by atoms with van der Waals surface area (Å²) in [6, 6.07) is -0.451. The first-order valence-electron chi connectivity index (χ1n) is 28.5. The molecule has 0 spiro atoms. The molecule has 0 bridgehead atoms. The Hall–Kier alpha value is -9.80. The molecule has 90 heavy (non-hydrogen) atoms. The van der Waals surface area contributed by atoms with Crippen LogP contribution in [0.1, 0.15) is 77.3 Å². The molecule has 0 aliphatic heterocycles. The number of para-hydroxylation sites is 1. The van der Waals surface area contributed by atoms with Gasteiger partial charge in [0.2, 0.25) is 70.9 Å². The van der Waals surface area contributed by atoms with E-state index in [2.05, 4.69) is 52.5 Å².